The van der Waals surface area contributed by atoms with Crippen molar-refractivity contribution >= 4 is 44.3 Å². The molecular weight excluding hydrogens is 383 g/mol. The van der Waals surface area contributed by atoms with Crippen LogP contribution >= 0.6 is 11.8 Å². The molecular formula is C16H17FN2O5S2. The van der Waals surface area contributed by atoms with Crippen LogP contribution in [0.3, 0.4) is 0 Å². The Balaban J connectivity index is 1.87. The van der Waals surface area contributed by atoms with E-state index in [1.165, 1.54) is 23.1 Å². The second kappa shape index (κ2) is 7.36. The molecule has 0 bridgehead atoms. The van der Waals surface area contributed by atoms with Crippen LogP contribution < -0.4 is 4.90 Å². The van der Waals surface area contributed by atoms with Crippen LogP contribution in [0.15, 0.2) is 29.3 Å². The van der Waals surface area contributed by atoms with Gasteiger partial charge in [0, 0.05) is 18.1 Å². The molecule has 1 N–H and O–H groups in total. The zero-order chi connectivity index (χ0) is 18.9. The van der Waals surface area contributed by atoms with Crippen molar-refractivity contribution in [1.82, 2.24) is 0 Å². The summed E-state index contributed by atoms with van der Waals surface area (Å²) < 4.78 is 38.2. The summed E-state index contributed by atoms with van der Waals surface area (Å²) in [4.78, 5) is 28.1. The highest BCUT2D eigenvalue weighted by atomic mass is 32.2. The topological polar surface area (TPSA) is 104 Å². The van der Waals surface area contributed by atoms with Gasteiger partial charge in [0.2, 0.25) is 5.91 Å². The highest BCUT2D eigenvalue weighted by molar-refractivity contribution is 8.16. The van der Waals surface area contributed by atoms with E-state index < -0.39 is 33.6 Å². The average Bonchev–Trinajstić information content (AvgIpc) is 2.98. The number of benzene rings is 1. The number of aliphatic carboxylic acids is 1. The van der Waals surface area contributed by atoms with E-state index in [9.17, 15) is 22.4 Å². The predicted molar refractivity (Wildman–Crippen MR) is 96.6 cm³/mol. The number of carboxylic acid groups (broad SMARTS) is 1. The van der Waals surface area contributed by atoms with Gasteiger partial charge in [-0.05, 0) is 18.6 Å². The van der Waals surface area contributed by atoms with Crippen LogP contribution in [0.25, 0.3) is 0 Å². The molecule has 0 radical (unpaired) electrons. The van der Waals surface area contributed by atoms with Crippen molar-refractivity contribution in [2.45, 2.75) is 30.6 Å². The molecule has 140 valence electrons. The highest BCUT2D eigenvalue weighted by Crippen LogP contribution is 2.41. The van der Waals surface area contributed by atoms with Crippen LogP contribution in [0.5, 0.6) is 0 Å². The standard InChI is InChI=1S/C16H17FN2O5S2/c17-10-4-1-2-5-11(10)19-12-8-26(23,24)9-13(12)25-16(19)18-14(20)6-3-7-15(21)22/h1-2,4-5,12-13H,3,6-9H2,(H,21,22)/t12-,13+/m0/s1. The summed E-state index contributed by atoms with van der Waals surface area (Å²) in [7, 11) is -3.23. The molecule has 1 aromatic rings. The smallest absolute Gasteiger partial charge is 0.303 e. The largest absolute Gasteiger partial charge is 0.481 e. The lowest BCUT2D eigenvalue weighted by atomic mass is 10.2. The summed E-state index contributed by atoms with van der Waals surface area (Å²) in [6, 6.07) is 5.47. The molecule has 1 amide bonds. The van der Waals surface area contributed by atoms with E-state index in [1.54, 1.807) is 6.07 Å². The van der Waals surface area contributed by atoms with Gasteiger partial charge in [-0.3, -0.25) is 9.59 Å². The number of rotatable bonds is 5. The van der Waals surface area contributed by atoms with Gasteiger partial charge in [-0.25, -0.2) is 12.8 Å². The van der Waals surface area contributed by atoms with Crippen molar-refractivity contribution in [3.05, 3.63) is 30.1 Å². The molecule has 2 saturated heterocycles. The van der Waals surface area contributed by atoms with Crippen molar-refractivity contribution in [2.75, 3.05) is 16.4 Å². The van der Waals surface area contributed by atoms with Crippen LogP contribution in [-0.2, 0) is 19.4 Å². The van der Waals surface area contributed by atoms with Gasteiger partial charge in [0.1, 0.15) is 5.82 Å². The van der Waals surface area contributed by atoms with Crippen molar-refractivity contribution < 1.29 is 27.5 Å². The average molecular weight is 400 g/mol. The molecule has 2 aliphatic rings. The van der Waals surface area contributed by atoms with E-state index >= 15 is 0 Å². The van der Waals surface area contributed by atoms with Gasteiger partial charge in [0.25, 0.3) is 0 Å². The molecule has 2 fully saturated rings. The number of amides is 1. The van der Waals surface area contributed by atoms with Gasteiger partial charge in [-0.1, -0.05) is 23.9 Å². The fourth-order valence-electron chi connectivity index (χ4n) is 3.05. The molecule has 10 heteroatoms. The van der Waals surface area contributed by atoms with E-state index in [-0.39, 0.29) is 46.9 Å². The first-order valence-corrected chi connectivity index (χ1v) is 10.7. The van der Waals surface area contributed by atoms with E-state index in [1.807, 2.05) is 0 Å². The second-order valence-electron chi connectivity index (χ2n) is 6.16. The van der Waals surface area contributed by atoms with Crippen molar-refractivity contribution in [2.24, 2.45) is 4.99 Å². The lowest BCUT2D eigenvalue weighted by Crippen LogP contribution is -2.38. The van der Waals surface area contributed by atoms with Gasteiger partial charge in [-0.15, -0.1) is 0 Å². The van der Waals surface area contributed by atoms with Gasteiger partial charge >= 0.3 is 5.97 Å². The number of hydrogen-bond donors (Lipinski definition) is 1. The minimum Gasteiger partial charge on any atom is -0.481 e. The summed E-state index contributed by atoms with van der Waals surface area (Å²) in [5, 5.41) is 8.58. The van der Waals surface area contributed by atoms with Crippen LogP contribution in [0.4, 0.5) is 10.1 Å². The second-order valence-corrected chi connectivity index (χ2v) is 9.52. The Morgan fingerprint density at radius 1 is 1.27 bits per heavy atom. The fourth-order valence-corrected chi connectivity index (χ4v) is 6.97. The molecule has 0 saturated carbocycles. The summed E-state index contributed by atoms with van der Waals surface area (Å²) in [6.45, 7) is 0. The first-order chi connectivity index (χ1) is 12.3. The number of anilines is 1. The number of para-hydroxylation sites is 1. The fraction of sp³-hybridized carbons (Fsp3) is 0.438. The van der Waals surface area contributed by atoms with Crippen LogP contribution in [-0.4, -0.2) is 53.4 Å². The number of aliphatic imine (C=N–C) groups is 1. The zero-order valence-electron chi connectivity index (χ0n) is 13.7. The number of amidine groups is 1. The van der Waals surface area contributed by atoms with Crippen LogP contribution in [0.2, 0.25) is 0 Å². The molecule has 2 atom stereocenters. The third-order valence-corrected chi connectivity index (χ3v) is 7.39. The Bertz CT molecular complexity index is 871. The van der Waals surface area contributed by atoms with E-state index in [0.717, 1.165) is 11.8 Å². The highest BCUT2D eigenvalue weighted by Gasteiger charge is 2.49. The van der Waals surface area contributed by atoms with Crippen LogP contribution in [0.1, 0.15) is 19.3 Å². The SMILES string of the molecule is O=C(O)CCCC(=O)N=C1S[C@@H]2CS(=O)(=O)C[C@@H]2N1c1ccccc1F. The Labute approximate surface area is 154 Å². The molecule has 2 aliphatic heterocycles. The van der Waals surface area contributed by atoms with Gasteiger partial charge in [-0.2, -0.15) is 4.99 Å². The number of nitrogens with zero attached hydrogens (tertiary/aromatic N) is 2. The summed E-state index contributed by atoms with van der Waals surface area (Å²) in [6.07, 6.45) is -0.00406. The normalized spacial score (nSPS) is 25.4. The van der Waals surface area contributed by atoms with Crippen molar-refractivity contribution in [1.29, 1.82) is 0 Å². The summed E-state index contributed by atoms with van der Waals surface area (Å²) in [5.41, 5.74) is 0.182. The molecule has 1 aromatic carbocycles. The van der Waals surface area contributed by atoms with E-state index in [0.29, 0.717) is 0 Å². The van der Waals surface area contributed by atoms with E-state index in [4.69, 9.17) is 5.11 Å². The summed E-state index contributed by atoms with van der Waals surface area (Å²) >= 11 is 1.16. The molecule has 7 nitrogen and oxygen atoms in total. The Kier molecular flexibility index (Phi) is 5.33. The van der Waals surface area contributed by atoms with Crippen molar-refractivity contribution in [3.8, 4) is 0 Å². The lowest BCUT2D eigenvalue weighted by molar-refractivity contribution is -0.137. The van der Waals surface area contributed by atoms with E-state index in [2.05, 4.69) is 4.99 Å². The first-order valence-electron chi connectivity index (χ1n) is 8.01. The molecule has 0 spiro atoms. The lowest BCUT2D eigenvalue weighted by Gasteiger charge is -2.24. The summed E-state index contributed by atoms with van der Waals surface area (Å²) in [5.74, 6) is -2.18. The third-order valence-electron chi connectivity index (χ3n) is 4.18. The Hall–Kier alpha value is -1.94. The maximum Gasteiger partial charge on any atom is 0.303 e. The molecule has 3 rings (SSSR count). The molecule has 0 aliphatic carbocycles. The Morgan fingerprint density at radius 3 is 2.69 bits per heavy atom. The van der Waals surface area contributed by atoms with Gasteiger partial charge in [0.15, 0.2) is 15.0 Å². The minimum atomic E-state index is -3.23. The number of fused-ring (bicyclic) bond motifs is 1. The molecule has 2 heterocycles. The van der Waals surface area contributed by atoms with Crippen LogP contribution in [0, 0.1) is 5.82 Å². The number of carbonyl (C=O) groups excluding carboxylic acids is 1. The number of carbonyl (C=O) groups is 2. The number of hydrogen-bond acceptors (Lipinski definition) is 5. The predicted octanol–water partition coefficient (Wildman–Crippen LogP) is 1.68. The van der Waals surface area contributed by atoms with Crippen molar-refractivity contribution in [3.63, 3.8) is 0 Å². The minimum absolute atomic E-state index is 0.0326. The molecule has 0 unspecified atom stereocenters. The maximum absolute atomic E-state index is 14.3. The third kappa shape index (κ3) is 4.07. The zero-order valence-corrected chi connectivity index (χ0v) is 15.3. The Morgan fingerprint density at radius 2 is 2.00 bits per heavy atom. The number of thioether (sulfide) groups is 1. The number of sulfone groups is 1. The number of carboxylic acids is 1. The van der Waals surface area contributed by atoms with Gasteiger partial charge in [0.05, 0.1) is 23.2 Å². The monoisotopic (exact) mass is 400 g/mol. The first kappa shape index (κ1) is 18.8. The maximum atomic E-state index is 14.3. The molecule has 0 aromatic heterocycles. The quantitative estimate of drug-likeness (QED) is 0.802. The number of halogens is 1. The molecule has 26 heavy (non-hydrogen) atoms. The van der Waals surface area contributed by atoms with Gasteiger partial charge < -0.3 is 10.0 Å².